The first-order valence-corrected chi connectivity index (χ1v) is 44.5. The Morgan fingerprint density at radius 3 is 0.500 bits per heavy atom. The number of hydrogen-bond acceptors (Lipinski definition) is 25. The van der Waals surface area contributed by atoms with Crippen LogP contribution in [0.3, 0.4) is 0 Å². The molecule has 5 saturated carbocycles. The topological polar surface area (TPSA) is 536 Å². The van der Waals surface area contributed by atoms with E-state index in [-0.39, 0.29) is 152 Å². The van der Waals surface area contributed by atoms with Crippen molar-refractivity contribution >= 4 is 90.6 Å². The Hall–Kier alpha value is -15.8. The lowest BCUT2D eigenvalue weighted by atomic mass is 9.72. The highest BCUT2D eigenvalue weighted by Gasteiger charge is 2.45. The van der Waals surface area contributed by atoms with Crippen LogP contribution in [0.15, 0.2) is 121 Å². The molecule has 0 spiro atoms. The van der Waals surface area contributed by atoms with E-state index in [2.05, 4.69) is 32.9 Å². The zero-order valence-electron chi connectivity index (χ0n) is 73.0. The Kier molecular flexibility index (Phi) is 26.6. The largest absolute Gasteiger partial charge is 0.504 e. The maximum absolute atomic E-state index is 11.9. The van der Waals surface area contributed by atoms with Crippen molar-refractivity contribution in [3.63, 3.8) is 0 Å². The maximum Gasteiger partial charge on any atom is 0.307 e. The molecule has 20 N–H and O–H groups in total. The van der Waals surface area contributed by atoms with E-state index in [0.29, 0.717) is 172 Å². The number of carbonyl (C=O) groups is 5. The molecule has 5 fully saturated rings. The third-order valence-corrected chi connectivity index (χ3v) is 27.8. The van der Waals surface area contributed by atoms with E-state index in [1.54, 1.807) is 91.0 Å². The molecule has 10 aromatic rings. The van der Waals surface area contributed by atoms with Crippen molar-refractivity contribution in [3.05, 3.63) is 201 Å². The molecule has 708 valence electrons. The molecule has 0 amide bonds. The van der Waals surface area contributed by atoms with Gasteiger partial charge in [0, 0.05) is 80.0 Å². The van der Waals surface area contributed by atoms with E-state index in [0.717, 1.165) is 64.2 Å². The summed E-state index contributed by atoms with van der Waals surface area (Å²) >= 11 is 0. The summed E-state index contributed by atoms with van der Waals surface area (Å²) in [6.07, 6.45) is 15.0. The van der Waals surface area contributed by atoms with Crippen LogP contribution in [0.5, 0.6) is 144 Å². The molecule has 30 heteroatoms. The molecule has 5 aliphatic carbocycles. The Morgan fingerprint density at radius 1 is 0.206 bits per heavy atom. The van der Waals surface area contributed by atoms with Gasteiger partial charge < -0.3 is 126 Å². The van der Waals surface area contributed by atoms with Gasteiger partial charge in [0.2, 0.25) is 28.7 Å². The highest BCUT2D eigenvalue weighted by atomic mass is 16.5. The molecular formula is C106H104O30. The van der Waals surface area contributed by atoms with Gasteiger partial charge in [0.15, 0.2) is 115 Å². The summed E-state index contributed by atoms with van der Waals surface area (Å²) in [7, 11) is 0. The van der Waals surface area contributed by atoms with Crippen LogP contribution in [0.25, 0.3) is 60.8 Å². The first-order valence-electron chi connectivity index (χ1n) is 44.5. The fraction of sp³-hybridized carbons (Fsp3) is 0.292. The van der Waals surface area contributed by atoms with Gasteiger partial charge in [-0.05, 0) is 182 Å². The van der Waals surface area contributed by atoms with Gasteiger partial charge in [0.05, 0.1) is 29.6 Å². The first-order chi connectivity index (χ1) is 64.5. The number of ether oxygens (including phenoxy) is 5. The molecule has 7 unspecified atom stereocenters. The van der Waals surface area contributed by atoms with Crippen molar-refractivity contribution in [1.29, 1.82) is 0 Å². The second-order valence-electron chi connectivity index (χ2n) is 35.6. The van der Waals surface area contributed by atoms with E-state index in [1.807, 2.05) is 0 Å². The van der Waals surface area contributed by atoms with Crippen LogP contribution < -0.4 is 75.9 Å². The maximum atomic E-state index is 11.9. The highest BCUT2D eigenvalue weighted by molar-refractivity contribution is 5.90. The predicted molar refractivity (Wildman–Crippen MR) is 498 cm³/mol. The third kappa shape index (κ3) is 17.0. The zero-order chi connectivity index (χ0) is 96.5. The van der Waals surface area contributed by atoms with E-state index in [4.69, 9.17) is 23.7 Å². The SMILES string of the molecule is C.C=c1ccc2c(c1O)Oc1c(ccc(O)c1O)C=2C1CCCCC1C(=O)O.C=c1ccc2c(c1O)Oc1c(ccc(O)c1O)C=2C1CCCCC1C(=O)O.C=c1ccc2c(c1O)Oc1c(ccc(O)c1O)C=2C1CCCC[C@@H]1C(=O)O.C=c1ccc2c(c1O)Oc1c(ccc(O)c1O)C=2C1CCCC[C@H]1C(=O)O.C=c1ccc2c(c1O)Oc1c(ccc(O)c1O)C=2C1CCCC[C@H]1C(=O)O. The highest BCUT2D eigenvalue weighted by Crippen LogP contribution is 2.58. The summed E-state index contributed by atoms with van der Waals surface area (Å²) in [5.41, 5.74) is 6.23. The molecule has 0 saturated heterocycles. The second kappa shape index (κ2) is 38.1. The standard InChI is InChI=1S/5C21H20O6.CH4/c5*1-10-6-7-13-16(11-4-2-3-5-12(11)21(25)26)14-8-9-15(22)18(24)20(14)27-19(13)17(10)23;/h5*6-9,11-12,22-24H,1-5H2,(H,25,26);1H4/t3*11?,12-;;;/m110.../s1. The smallest absolute Gasteiger partial charge is 0.307 e. The molecule has 5 aliphatic heterocycles. The average molecular weight is 1860 g/mol. The summed E-state index contributed by atoms with van der Waals surface area (Å²) in [6.45, 7) is 18.8. The number of aliphatic carboxylic acids is 5. The Balaban J connectivity index is 0.000000129. The number of rotatable bonds is 10. The molecule has 10 atom stereocenters. The van der Waals surface area contributed by atoms with Crippen LogP contribution in [0.1, 0.15) is 164 Å². The van der Waals surface area contributed by atoms with Crippen LogP contribution in [0.4, 0.5) is 0 Å². The number of fused-ring (bicyclic) bond motifs is 10. The molecule has 0 aromatic heterocycles. The normalized spacial score (nSPS) is 21.0. The van der Waals surface area contributed by atoms with Crippen LogP contribution in [-0.4, -0.2) is 132 Å². The molecule has 10 aliphatic rings. The molecule has 5 heterocycles. The minimum Gasteiger partial charge on any atom is -0.504 e. The van der Waals surface area contributed by atoms with Gasteiger partial charge in [0.25, 0.3) is 0 Å². The van der Waals surface area contributed by atoms with Crippen molar-refractivity contribution in [2.24, 2.45) is 59.2 Å². The summed E-state index contributed by atoms with van der Waals surface area (Å²) in [4.78, 5) is 59.4. The van der Waals surface area contributed by atoms with Gasteiger partial charge in [-0.3, -0.25) is 24.0 Å². The number of carboxylic acid groups (broad SMARTS) is 5. The third-order valence-electron chi connectivity index (χ3n) is 27.8. The number of aromatic hydroxyl groups is 15. The van der Waals surface area contributed by atoms with Crippen LogP contribution in [-0.2, 0) is 24.0 Å². The lowest BCUT2D eigenvalue weighted by molar-refractivity contribution is -0.144. The number of carboxylic acids is 5. The Bertz CT molecular complexity index is 6270. The minimum atomic E-state index is -0.859. The Morgan fingerprint density at radius 2 is 0.353 bits per heavy atom. The van der Waals surface area contributed by atoms with Crippen LogP contribution in [0.2, 0.25) is 0 Å². The predicted octanol–water partition coefficient (Wildman–Crippen LogP) is 12.7. The van der Waals surface area contributed by atoms with E-state index in [1.165, 1.54) is 30.3 Å². The van der Waals surface area contributed by atoms with E-state index < -0.39 is 88.2 Å². The van der Waals surface area contributed by atoms with Gasteiger partial charge in [-0.15, -0.1) is 0 Å². The number of benzene rings is 10. The van der Waals surface area contributed by atoms with Gasteiger partial charge in [-0.1, -0.05) is 165 Å². The van der Waals surface area contributed by atoms with E-state index >= 15 is 0 Å². The summed E-state index contributed by atoms with van der Waals surface area (Å²) in [6, 6.07) is 31.9. The summed E-state index contributed by atoms with van der Waals surface area (Å²) < 4.78 is 28.7. The monoisotopic (exact) mass is 1860 g/mol. The van der Waals surface area contributed by atoms with Crippen molar-refractivity contribution in [2.45, 2.75) is 136 Å². The number of hydrogen-bond donors (Lipinski definition) is 20. The quantitative estimate of drug-likeness (QED) is 0.0565. The van der Waals surface area contributed by atoms with Crippen LogP contribution in [0, 0.1) is 59.2 Å². The van der Waals surface area contributed by atoms with Crippen molar-refractivity contribution in [1.82, 2.24) is 0 Å². The first kappa shape index (κ1) is 94.9. The zero-order valence-corrected chi connectivity index (χ0v) is 73.0. The van der Waals surface area contributed by atoms with Crippen molar-refractivity contribution in [2.75, 3.05) is 0 Å². The molecule has 0 bridgehead atoms. The molecule has 30 nitrogen and oxygen atoms in total. The fourth-order valence-corrected chi connectivity index (χ4v) is 21.1. The summed E-state index contributed by atoms with van der Waals surface area (Å²) in [5, 5.41) is 207. The minimum absolute atomic E-state index is 0. The average Bonchev–Trinajstić information content (AvgIpc) is 0.755. The van der Waals surface area contributed by atoms with Gasteiger partial charge in [-0.2, -0.15) is 0 Å². The molecule has 20 rings (SSSR count). The van der Waals surface area contributed by atoms with Crippen LogP contribution >= 0.6 is 0 Å². The summed E-state index contributed by atoms with van der Waals surface area (Å²) in [5.74, 6) is -12.6. The van der Waals surface area contributed by atoms with Gasteiger partial charge in [-0.25, -0.2) is 0 Å². The molecule has 10 aromatic carbocycles. The van der Waals surface area contributed by atoms with E-state index in [9.17, 15) is 126 Å². The molecule has 136 heavy (non-hydrogen) atoms. The van der Waals surface area contributed by atoms with Gasteiger partial charge >= 0.3 is 29.8 Å². The molecule has 0 radical (unpaired) electrons. The number of phenolic OH excluding ortho intramolecular Hbond substituents is 15. The lowest BCUT2D eigenvalue weighted by Gasteiger charge is -2.33. The van der Waals surface area contributed by atoms with Gasteiger partial charge in [0.1, 0.15) is 0 Å². The van der Waals surface area contributed by atoms with Crippen molar-refractivity contribution in [3.8, 4) is 144 Å². The lowest BCUT2D eigenvalue weighted by Crippen LogP contribution is -2.32. The number of phenols is 15. The molecular weight excluding hydrogens is 1750 g/mol. The second-order valence-corrected chi connectivity index (χ2v) is 35.6. The Labute approximate surface area is 776 Å². The van der Waals surface area contributed by atoms with Crippen molar-refractivity contribution < 1.29 is 150 Å². The fourth-order valence-electron chi connectivity index (χ4n) is 21.1.